The Labute approximate surface area is 243 Å². The molecule has 0 spiro atoms. The van der Waals surface area contributed by atoms with Crippen LogP contribution in [-0.4, -0.2) is 74.2 Å². The fourth-order valence-electron chi connectivity index (χ4n) is 6.43. The monoisotopic (exact) mass is 645 g/mol. The first-order valence-corrected chi connectivity index (χ1v) is 14.2. The second kappa shape index (κ2) is 9.86. The summed E-state index contributed by atoms with van der Waals surface area (Å²) in [6, 6.07) is 1.01. The lowest BCUT2D eigenvalue weighted by molar-refractivity contribution is -0.348. The lowest BCUT2D eigenvalue weighted by atomic mass is 9.76. The van der Waals surface area contributed by atoms with Gasteiger partial charge in [0.05, 0.1) is 10.9 Å². The number of carbonyl (C=O) groups is 2. The van der Waals surface area contributed by atoms with Crippen LogP contribution in [0.5, 0.6) is 0 Å². The second-order valence-electron chi connectivity index (χ2n) is 10.6. The SMILES string of the molecule is [2H]C([2H])([2H])N1C(=O)[C@H](F)C[C@H]1C(=O)N1CC[C@@]2(S(=O)(=O)c3ccc(F)cc3)c3ccc(C(F)(C(F)(F)F)C(F)(F)F)cc3CC[C@@H]12. The fraction of sp³-hybridized carbons (Fsp3) is 0.481. The number of halogens is 9. The van der Waals surface area contributed by atoms with Gasteiger partial charge in [-0.05, 0) is 54.7 Å². The maximum absolute atomic E-state index is 15.0. The Morgan fingerprint density at radius 1 is 1.02 bits per heavy atom. The van der Waals surface area contributed by atoms with E-state index in [4.69, 9.17) is 4.11 Å². The molecule has 0 N–H and O–H groups in total. The van der Waals surface area contributed by atoms with E-state index in [2.05, 4.69) is 0 Å². The van der Waals surface area contributed by atoms with E-state index in [1.165, 1.54) is 0 Å². The van der Waals surface area contributed by atoms with Gasteiger partial charge in [0.15, 0.2) is 16.0 Å². The molecule has 234 valence electrons. The summed E-state index contributed by atoms with van der Waals surface area (Å²) in [5.41, 5.74) is -8.41. The van der Waals surface area contributed by atoms with E-state index < -0.39 is 124 Å². The van der Waals surface area contributed by atoms with Gasteiger partial charge in [-0.1, -0.05) is 18.2 Å². The van der Waals surface area contributed by atoms with E-state index in [9.17, 15) is 57.5 Å². The average molecular weight is 646 g/mol. The third-order valence-electron chi connectivity index (χ3n) is 8.48. The molecule has 0 bridgehead atoms. The highest BCUT2D eigenvalue weighted by molar-refractivity contribution is 7.92. The highest BCUT2D eigenvalue weighted by Crippen LogP contribution is 2.57. The summed E-state index contributed by atoms with van der Waals surface area (Å²) in [5.74, 6) is -3.48. The van der Waals surface area contributed by atoms with Crippen molar-refractivity contribution in [1.82, 2.24) is 9.80 Å². The Bertz CT molecular complexity index is 1670. The molecule has 4 atom stereocenters. The molecule has 3 aliphatic rings. The Kier molecular flexibility index (Phi) is 6.25. The number of benzene rings is 2. The van der Waals surface area contributed by atoms with Crippen molar-refractivity contribution < 1.29 is 61.6 Å². The van der Waals surface area contributed by atoms with E-state index in [0.29, 0.717) is 6.07 Å². The number of aryl methyl sites for hydroxylation is 1. The van der Waals surface area contributed by atoms with Gasteiger partial charge in [-0.2, -0.15) is 26.3 Å². The number of hydrogen-bond acceptors (Lipinski definition) is 4. The maximum Gasteiger partial charge on any atom is 0.435 e. The smallest absolute Gasteiger partial charge is 0.336 e. The van der Waals surface area contributed by atoms with Crippen molar-refractivity contribution in [2.24, 2.45) is 0 Å². The number of amides is 2. The van der Waals surface area contributed by atoms with Gasteiger partial charge in [0.25, 0.3) is 5.91 Å². The van der Waals surface area contributed by atoms with Gasteiger partial charge < -0.3 is 9.80 Å². The Morgan fingerprint density at radius 3 is 2.23 bits per heavy atom. The number of rotatable bonds is 4. The topological polar surface area (TPSA) is 74.8 Å². The van der Waals surface area contributed by atoms with E-state index in [1.54, 1.807) is 0 Å². The molecular formula is C27H23F9N2O4S. The highest BCUT2D eigenvalue weighted by atomic mass is 32.2. The number of fused-ring (bicyclic) bond motifs is 3. The van der Waals surface area contributed by atoms with E-state index in [-0.39, 0.29) is 22.6 Å². The number of nitrogens with zero attached hydrogens (tertiary/aromatic N) is 2. The highest BCUT2D eigenvalue weighted by Gasteiger charge is 2.74. The van der Waals surface area contributed by atoms with Crippen LogP contribution >= 0.6 is 0 Å². The summed E-state index contributed by atoms with van der Waals surface area (Å²) in [5, 5.41) is 0. The Hall–Kier alpha value is -3.30. The number of hydrogen-bond donors (Lipinski definition) is 0. The standard InChI is InChI=1S/C27H23F9N2O4S/c1-37-20(13-19(29)22(37)39)23(40)38-11-10-24(43(41,42)17-6-4-16(28)5-7-17)18-8-3-15(12-14(18)2-9-21(24)38)25(30,26(31,32)33)27(34,35)36/h3-8,12,19-21H,2,9-11,13H2,1H3/t19-,20+,21-,24-/m1/s1/i1D3. The van der Waals surface area contributed by atoms with Crippen molar-refractivity contribution in [3.63, 3.8) is 0 Å². The predicted octanol–water partition coefficient (Wildman–Crippen LogP) is 4.90. The van der Waals surface area contributed by atoms with Gasteiger partial charge in [-0.3, -0.25) is 9.59 Å². The van der Waals surface area contributed by atoms with Crippen molar-refractivity contribution in [3.05, 3.63) is 65.0 Å². The Morgan fingerprint density at radius 2 is 1.65 bits per heavy atom. The summed E-state index contributed by atoms with van der Waals surface area (Å²) >= 11 is 0. The maximum atomic E-state index is 15.0. The van der Waals surface area contributed by atoms with Crippen molar-refractivity contribution in [2.75, 3.05) is 13.5 Å². The van der Waals surface area contributed by atoms with Gasteiger partial charge >= 0.3 is 18.0 Å². The number of sulfone groups is 1. The number of likely N-dealkylation sites (N-methyl/N-ethyl adjacent to an activating group) is 1. The van der Waals surface area contributed by atoms with Crippen LogP contribution in [0.3, 0.4) is 0 Å². The van der Waals surface area contributed by atoms with Crippen LogP contribution in [-0.2, 0) is 36.3 Å². The van der Waals surface area contributed by atoms with Gasteiger partial charge in [-0.25, -0.2) is 21.6 Å². The third kappa shape index (κ3) is 4.33. The van der Waals surface area contributed by atoms with Crippen LogP contribution in [0.4, 0.5) is 39.5 Å². The summed E-state index contributed by atoms with van der Waals surface area (Å²) in [6.07, 6.45) is -17.6. The van der Waals surface area contributed by atoms with Crippen LogP contribution < -0.4 is 0 Å². The molecule has 2 aliphatic heterocycles. The van der Waals surface area contributed by atoms with Crippen LogP contribution in [0.1, 0.15) is 40.1 Å². The number of likely N-dealkylation sites (tertiary alicyclic amines) is 2. The van der Waals surface area contributed by atoms with E-state index in [0.717, 1.165) is 29.2 Å². The van der Waals surface area contributed by atoms with Gasteiger partial charge in [0.2, 0.25) is 5.91 Å². The molecule has 2 saturated heterocycles. The molecule has 43 heavy (non-hydrogen) atoms. The molecule has 5 rings (SSSR count). The quantitative estimate of drug-likeness (QED) is 0.351. The van der Waals surface area contributed by atoms with Crippen LogP contribution in [0.25, 0.3) is 0 Å². The largest absolute Gasteiger partial charge is 0.435 e. The molecule has 2 fully saturated rings. The minimum Gasteiger partial charge on any atom is -0.336 e. The van der Waals surface area contributed by atoms with Crippen LogP contribution in [0, 0.1) is 5.82 Å². The Balaban J connectivity index is 1.68. The van der Waals surface area contributed by atoms with Crippen molar-refractivity contribution in [2.45, 2.75) is 71.6 Å². The van der Waals surface area contributed by atoms with E-state index >= 15 is 0 Å². The molecule has 1 aliphatic carbocycles. The van der Waals surface area contributed by atoms with Crippen molar-refractivity contribution in [1.29, 1.82) is 0 Å². The van der Waals surface area contributed by atoms with Crippen molar-refractivity contribution >= 4 is 21.7 Å². The predicted molar refractivity (Wildman–Crippen MR) is 131 cm³/mol. The number of alkyl halides is 8. The molecule has 0 saturated carbocycles. The first kappa shape index (κ1) is 27.3. The normalized spacial score (nSPS) is 27.8. The molecule has 0 radical (unpaired) electrons. The minimum absolute atomic E-state index is 0.0760. The van der Waals surface area contributed by atoms with Crippen LogP contribution in [0.15, 0.2) is 47.4 Å². The lowest BCUT2D eigenvalue weighted by Crippen LogP contribution is -2.55. The third-order valence-corrected chi connectivity index (χ3v) is 11.0. The molecule has 0 unspecified atom stereocenters. The molecule has 2 aromatic carbocycles. The lowest BCUT2D eigenvalue weighted by Gasteiger charge is -2.43. The minimum atomic E-state index is -6.45. The summed E-state index contributed by atoms with van der Waals surface area (Å²) in [6.45, 7) is -3.74. The molecule has 2 amide bonds. The zero-order valence-corrected chi connectivity index (χ0v) is 22.5. The number of carbonyl (C=O) groups excluding carboxylic acids is 2. The van der Waals surface area contributed by atoms with Gasteiger partial charge in [0.1, 0.15) is 16.6 Å². The summed E-state index contributed by atoms with van der Waals surface area (Å²) in [7, 11) is -4.81. The van der Waals surface area contributed by atoms with Crippen LogP contribution in [0.2, 0.25) is 0 Å². The van der Waals surface area contributed by atoms with Gasteiger partial charge in [-0.15, -0.1) is 0 Å². The molecular weight excluding hydrogens is 619 g/mol. The molecule has 2 aromatic rings. The average Bonchev–Trinajstić information content (AvgIpc) is 3.49. The van der Waals surface area contributed by atoms with Crippen molar-refractivity contribution in [3.8, 4) is 0 Å². The zero-order valence-electron chi connectivity index (χ0n) is 24.6. The molecule has 2 heterocycles. The summed E-state index contributed by atoms with van der Waals surface area (Å²) in [4.78, 5) is 26.6. The molecule has 6 nitrogen and oxygen atoms in total. The molecule has 16 heteroatoms. The first-order chi connectivity index (χ1) is 21.0. The first-order valence-electron chi connectivity index (χ1n) is 14.2. The van der Waals surface area contributed by atoms with E-state index in [1.807, 2.05) is 0 Å². The van der Waals surface area contributed by atoms with Gasteiger partial charge in [0, 0.05) is 29.6 Å². The zero-order chi connectivity index (χ0) is 34.4. The summed E-state index contributed by atoms with van der Waals surface area (Å²) < 4.78 is 174. The fourth-order valence-corrected chi connectivity index (χ4v) is 8.79. The second-order valence-corrected chi connectivity index (χ2v) is 12.8. The molecule has 0 aromatic heterocycles.